The second-order valence-corrected chi connectivity index (χ2v) is 7.48. The van der Waals surface area contributed by atoms with E-state index < -0.39 is 52.5 Å². The second-order valence-electron chi connectivity index (χ2n) is 7.48. The molecule has 0 unspecified atom stereocenters. The van der Waals surface area contributed by atoms with Gasteiger partial charge < -0.3 is 19.3 Å². The first-order chi connectivity index (χ1) is 11.9. The summed E-state index contributed by atoms with van der Waals surface area (Å²) in [6.07, 6.45) is 1.32. The van der Waals surface area contributed by atoms with E-state index >= 15 is 0 Å². The number of carboxylic acid groups (broad SMARTS) is 1. The normalized spacial score (nSPS) is 47.8. The van der Waals surface area contributed by atoms with Crippen molar-refractivity contribution < 1.29 is 38.5 Å². The molecule has 5 aliphatic carbocycles. The van der Waals surface area contributed by atoms with Gasteiger partial charge in [-0.2, -0.15) is 0 Å². The number of carbonyl (C=O) groups is 4. The van der Waals surface area contributed by atoms with Gasteiger partial charge in [-0.05, 0) is 36.5 Å². The zero-order valence-electron chi connectivity index (χ0n) is 14.2. The van der Waals surface area contributed by atoms with Crippen LogP contribution in [0, 0.1) is 46.3 Å². The van der Waals surface area contributed by atoms with Gasteiger partial charge in [-0.1, -0.05) is 0 Å². The lowest BCUT2D eigenvalue weighted by Crippen LogP contribution is -2.60. The largest absolute Gasteiger partial charge is 0.481 e. The third-order valence-electron chi connectivity index (χ3n) is 7.54. The summed E-state index contributed by atoms with van der Waals surface area (Å²) in [6, 6.07) is 0. The van der Waals surface area contributed by atoms with Crippen molar-refractivity contribution in [2.45, 2.75) is 12.8 Å². The number of aliphatic carboxylic acids is 1. The first-order valence-electron chi connectivity index (χ1n) is 8.34. The lowest BCUT2D eigenvalue weighted by atomic mass is 9.53. The maximum Gasteiger partial charge on any atom is 0.314 e. The van der Waals surface area contributed by atoms with Crippen molar-refractivity contribution in [3.63, 3.8) is 0 Å². The minimum atomic E-state index is -1.56. The van der Waals surface area contributed by atoms with Crippen molar-refractivity contribution in [2.75, 3.05) is 21.3 Å². The van der Waals surface area contributed by atoms with Crippen LogP contribution in [0.15, 0.2) is 0 Å². The molecule has 0 aliphatic heterocycles. The summed E-state index contributed by atoms with van der Waals surface area (Å²) in [6.45, 7) is 0. The number of esters is 3. The maximum absolute atomic E-state index is 13.0. The van der Waals surface area contributed by atoms with E-state index in [2.05, 4.69) is 0 Å². The first kappa shape index (κ1) is 16.4. The summed E-state index contributed by atoms with van der Waals surface area (Å²) in [7, 11) is 3.59. The summed E-state index contributed by atoms with van der Waals surface area (Å²) in [5, 5.41) is 9.90. The lowest BCUT2D eigenvalue weighted by Gasteiger charge is -2.47. The predicted octanol–water partition coefficient (Wildman–Crippen LogP) is 0.0946. The Bertz CT molecular complexity index is 701. The molecule has 0 saturated heterocycles. The topological polar surface area (TPSA) is 116 Å². The monoisotopic (exact) mass is 352 g/mol. The molecule has 5 saturated carbocycles. The van der Waals surface area contributed by atoms with Crippen molar-refractivity contribution in [2.24, 2.45) is 46.3 Å². The van der Waals surface area contributed by atoms with Gasteiger partial charge in [0.15, 0.2) is 0 Å². The standard InChI is InChI=1S/C17H20O8/c1-23-13(20)11-9-8-6-4-5-7(8)17(11,15(22)25-3)16(6,14(21)24-2)10(9)12(18)19/h6-11H,4-5H2,1-3H3,(H,18,19)/t6-,7+,8-,9+,10-,11+,16-,17+/m1/s1. The van der Waals surface area contributed by atoms with Gasteiger partial charge in [-0.3, -0.25) is 19.2 Å². The van der Waals surface area contributed by atoms with Crippen molar-refractivity contribution >= 4 is 23.9 Å². The van der Waals surface area contributed by atoms with E-state index in [0.29, 0.717) is 12.8 Å². The third kappa shape index (κ3) is 1.29. The van der Waals surface area contributed by atoms with Gasteiger partial charge in [0.05, 0.1) is 33.2 Å². The summed E-state index contributed by atoms with van der Waals surface area (Å²) in [4.78, 5) is 50.7. The van der Waals surface area contributed by atoms with Crippen LogP contribution in [0.2, 0.25) is 0 Å². The molecule has 5 fully saturated rings. The summed E-state index contributed by atoms with van der Waals surface area (Å²) >= 11 is 0. The molecule has 1 N–H and O–H groups in total. The zero-order valence-corrected chi connectivity index (χ0v) is 14.2. The van der Waals surface area contributed by atoms with Crippen LogP contribution < -0.4 is 0 Å². The molecule has 0 aromatic rings. The lowest BCUT2D eigenvalue weighted by molar-refractivity contribution is -0.194. The fourth-order valence-corrected chi connectivity index (χ4v) is 7.52. The Morgan fingerprint density at radius 1 is 0.800 bits per heavy atom. The Kier molecular flexibility index (Phi) is 3.10. The van der Waals surface area contributed by atoms with Crippen LogP contribution in [0.1, 0.15) is 12.8 Å². The highest BCUT2D eigenvalue weighted by Crippen LogP contribution is 2.89. The van der Waals surface area contributed by atoms with E-state index in [0.717, 1.165) is 0 Å². The molecular formula is C17H20O8. The van der Waals surface area contributed by atoms with Crippen molar-refractivity contribution in [1.82, 2.24) is 0 Å². The molecule has 0 heterocycles. The summed E-state index contributed by atoms with van der Waals surface area (Å²) in [5.74, 6) is -6.71. The van der Waals surface area contributed by atoms with Crippen molar-refractivity contribution in [1.29, 1.82) is 0 Å². The Labute approximate surface area is 143 Å². The number of hydrogen-bond donors (Lipinski definition) is 1. The van der Waals surface area contributed by atoms with E-state index in [9.17, 15) is 24.3 Å². The number of carboxylic acids is 1. The first-order valence-corrected chi connectivity index (χ1v) is 8.34. The average molecular weight is 352 g/mol. The van der Waals surface area contributed by atoms with Crippen LogP contribution in [0.3, 0.4) is 0 Å². The molecule has 8 nitrogen and oxygen atoms in total. The molecule has 6 bridgehead atoms. The number of methoxy groups -OCH3 is 3. The second kappa shape index (κ2) is 4.74. The van der Waals surface area contributed by atoms with Gasteiger partial charge in [0.1, 0.15) is 10.8 Å². The Morgan fingerprint density at radius 3 is 1.68 bits per heavy atom. The van der Waals surface area contributed by atoms with Gasteiger partial charge in [-0.25, -0.2) is 0 Å². The van der Waals surface area contributed by atoms with Crippen LogP contribution in [-0.2, 0) is 33.4 Å². The number of ether oxygens (including phenoxy) is 3. The van der Waals surface area contributed by atoms with E-state index in [1.807, 2.05) is 0 Å². The number of carbonyl (C=O) groups excluding carboxylic acids is 3. The van der Waals surface area contributed by atoms with Gasteiger partial charge in [0, 0.05) is 0 Å². The molecule has 0 aromatic heterocycles. The van der Waals surface area contributed by atoms with Gasteiger partial charge in [0.25, 0.3) is 0 Å². The molecule has 8 heteroatoms. The van der Waals surface area contributed by atoms with Crippen molar-refractivity contribution in [3.8, 4) is 0 Å². The van der Waals surface area contributed by atoms with Gasteiger partial charge in [0.2, 0.25) is 0 Å². The van der Waals surface area contributed by atoms with Crippen LogP contribution in [-0.4, -0.2) is 50.3 Å². The van der Waals surface area contributed by atoms with Crippen LogP contribution in [0.5, 0.6) is 0 Å². The van der Waals surface area contributed by atoms with E-state index in [1.54, 1.807) is 0 Å². The minimum absolute atomic E-state index is 0.177. The van der Waals surface area contributed by atoms with E-state index in [1.165, 1.54) is 21.3 Å². The van der Waals surface area contributed by atoms with Crippen LogP contribution in [0.25, 0.3) is 0 Å². The SMILES string of the molecule is COC(=O)[C@@H]1[C@H]2[C@@H]3[C@H]4CC[C@@H]3[C@]1(C(=O)OC)[C@@]4(C(=O)OC)[C@H]2C(=O)O. The highest BCUT2D eigenvalue weighted by Gasteiger charge is 2.97. The molecule has 8 atom stereocenters. The van der Waals surface area contributed by atoms with E-state index in [4.69, 9.17) is 14.2 Å². The number of rotatable bonds is 4. The molecule has 25 heavy (non-hydrogen) atoms. The molecule has 0 spiro atoms. The van der Waals surface area contributed by atoms with Gasteiger partial charge >= 0.3 is 23.9 Å². The quantitative estimate of drug-likeness (QED) is 0.559. The maximum atomic E-state index is 13.0. The third-order valence-corrected chi connectivity index (χ3v) is 7.54. The van der Waals surface area contributed by atoms with Crippen LogP contribution >= 0.6 is 0 Å². The molecular weight excluding hydrogens is 332 g/mol. The minimum Gasteiger partial charge on any atom is -0.481 e. The smallest absolute Gasteiger partial charge is 0.314 e. The Hall–Kier alpha value is -2.12. The van der Waals surface area contributed by atoms with Crippen LogP contribution in [0.4, 0.5) is 0 Å². The molecule has 0 radical (unpaired) electrons. The van der Waals surface area contributed by atoms with Gasteiger partial charge in [-0.15, -0.1) is 0 Å². The van der Waals surface area contributed by atoms with E-state index in [-0.39, 0.29) is 17.8 Å². The predicted molar refractivity (Wildman–Crippen MR) is 78.7 cm³/mol. The molecule has 0 aromatic carbocycles. The highest BCUT2D eigenvalue weighted by atomic mass is 16.5. The molecule has 0 amide bonds. The highest BCUT2D eigenvalue weighted by molar-refractivity contribution is 6.01. The zero-order chi connectivity index (χ0) is 18.3. The summed E-state index contributed by atoms with van der Waals surface area (Å²) < 4.78 is 14.9. The fourth-order valence-electron chi connectivity index (χ4n) is 7.52. The number of hydrogen-bond acceptors (Lipinski definition) is 7. The molecule has 5 rings (SSSR count). The summed E-state index contributed by atoms with van der Waals surface area (Å²) in [5.41, 5.74) is -3.07. The molecule has 136 valence electrons. The van der Waals surface area contributed by atoms with Crippen molar-refractivity contribution in [3.05, 3.63) is 0 Å². The average Bonchev–Trinajstić information content (AvgIpc) is 3.33. The Morgan fingerprint density at radius 2 is 1.28 bits per heavy atom. The fraction of sp³-hybridized carbons (Fsp3) is 0.765. The Balaban J connectivity index is 2.05. The molecule has 5 aliphatic rings.